The number of para-hydroxylation sites is 2. The minimum absolute atomic E-state index is 0.499. The van der Waals surface area contributed by atoms with Crippen LogP contribution in [0.1, 0.15) is 27.8 Å². The van der Waals surface area contributed by atoms with Crippen LogP contribution in [-0.2, 0) is 5.41 Å². The van der Waals surface area contributed by atoms with Gasteiger partial charge in [-0.05, 0) is 99.0 Å². The molecule has 9 aromatic carbocycles. The van der Waals surface area contributed by atoms with Crippen LogP contribution in [0, 0.1) is 6.92 Å². The molecule has 0 bridgehead atoms. The Kier molecular flexibility index (Phi) is 7.97. The molecule has 0 aliphatic heterocycles. The molecule has 2 heteroatoms. The van der Waals surface area contributed by atoms with E-state index in [-0.39, 0.29) is 0 Å². The molecule has 274 valence electrons. The van der Waals surface area contributed by atoms with E-state index in [0.717, 1.165) is 55.7 Å². The van der Waals surface area contributed by atoms with Gasteiger partial charge in [0.1, 0.15) is 11.2 Å². The van der Waals surface area contributed by atoms with Gasteiger partial charge in [-0.25, -0.2) is 0 Å². The van der Waals surface area contributed by atoms with Gasteiger partial charge in [-0.1, -0.05) is 182 Å². The topological polar surface area (TPSA) is 16.4 Å². The molecule has 1 aromatic heterocycles. The zero-order valence-electron chi connectivity index (χ0n) is 32.1. The Hall–Kier alpha value is -7.42. The van der Waals surface area contributed by atoms with Gasteiger partial charge in [-0.2, -0.15) is 0 Å². The fourth-order valence-electron chi connectivity index (χ4n) is 9.43. The lowest BCUT2D eigenvalue weighted by molar-refractivity contribution is 0.667. The highest BCUT2D eigenvalue weighted by Gasteiger charge is 2.46. The van der Waals surface area contributed by atoms with Crippen LogP contribution in [0.25, 0.3) is 55.3 Å². The lowest BCUT2D eigenvalue weighted by Crippen LogP contribution is -2.28. The van der Waals surface area contributed by atoms with Crippen molar-refractivity contribution in [2.75, 3.05) is 4.90 Å². The average molecular weight is 742 g/mol. The third-order valence-electron chi connectivity index (χ3n) is 12.1. The smallest absolute Gasteiger partial charge is 0.143 e. The van der Waals surface area contributed by atoms with Crippen molar-refractivity contribution in [3.8, 4) is 33.4 Å². The number of hydrogen-bond acceptors (Lipinski definition) is 2. The van der Waals surface area contributed by atoms with Gasteiger partial charge in [0.25, 0.3) is 0 Å². The van der Waals surface area contributed by atoms with E-state index in [4.69, 9.17) is 4.42 Å². The van der Waals surface area contributed by atoms with Crippen molar-refractivity contribution >= 4 is 39.0 Å². The summed E-state index contributed by atoms with van der Waals surface area (Å²) in [5, 5.41) is 2.29. The molecular weight excluding hydrogens is 703 g/mol. The van der Waals surface area contributed by atoms with Gasteiger partial charge in [0.05, 0.1) is 5.41 Å². The number of fused-ring (bicyclic) bond motifs is 6. The Balaban J connectivity index is 1.10. The Morgan fingerprint density at radius 1 is 0.362 bits per heavy atom. The first-order chi connectivity index (χ1) is 28.7. The van der Waals surface area contributed by atoms with Gasteiger partial charge in [0.15, 0.2) is 0 Å². The summed E-state index contributed by atoms with van der Waals surface area (Å²) in [6, 6.07) is 79.4. The summed E-state index contributed by atoms with van der Waals surface area (Å²) in [4.78, 5) is 2.40. The molecule has 0 fully saturated rings. The molecular formula is C56H39NO. The maximum atomic E-state index is 6.58. The van der Waals surface area contributed by atoms with Crippen LogP contribution in [0.15, 0.2) is 223 Å². The fraction of sp³-hybridized carbons (Fsp3) is 0.0357. The van der Waals surface area contributed by atoms with Crippen LogP contribution < -0.4 is 4.90 Å². The SMILES string of the molecule is Cc1cccc2c1oc1c(-c3ccc(N(c4ccc(-c5ccccc5)cc4)c4ccc5c(c4)C(c4ccccc4)(c4ccccc4)c4ccccc4-5)cc3)cccc12. The number of furan rings is 1. The first-order valence-corrected chi connectivity index (χ1v) is 20.0. The Morgan fingerprint density at radius 2 is 0.862 bits per heavy atom. The van der Waals surface area contributed by atoms with Crippen LogP contribution in [0.5, 0.6) is 0 Å². The van der Waals surface area contributed by atoms with Crippen molar-refractivity contribution in [2.24, 2.45) is 0 Å². The van der Waals surface area contributed by atoms with E-state index in [1.54, 1.807) is 0 Å². The molecule has 10 aromatic rings. The minimum Gasteiger partial charge on any atom is -0.455 e. The van der Waals surface area contributed by atoms with E-state index < -0.39 is 5.41 Å². The molecule has 11 rings (SSSR count). The summed E-state index contributed by atoms with van der Waals surface area (Å²) < 4.78 is 6.58. The molecule has 0 saturated carbocycles. The van der Waals surface area contributed by atoms with Crippen LogP contribution >= 0.6 is 0 Å². The van der Waals surface area contributed by atoms with Crippen LogP contribution in [0.3, 0.4) is 0 Å². The average Bonchev–Trinajstić information content (AvgIpc) is 3.83. The van der Waals surface area contributed by atoms with E-state index in [2.05, 4.69) is 230 Å². The molecule has 0 spiro atoms. The van der Waals surface area contributed by atoms with Crippen molar-refractivity contribution in [1.29, 1.82) is 0 Å². The predicted molar refractivity (Wildman–Crippen MR) is 241 cm³/mol. The third-order valence-corrected chi connectivity index (χ3v) is 12.1. The highest BCUT2D eigenvalue weighted by atomic mass is 16.3. The maximum absolute atomic E-state index is 6.58. The van der Waals surface area contributed by atoms with Crippen LogP contribution in [0.4, 0.5) is 17.1 Å². The van der Waals surface area contributed by atoms with Gasteiger partial charge in [-0.3, -0.25) is 0 Å². The highest BCUT2D eigenvalue weighted by Crippen LogP contribution is 2.57. The van der Waals surface area contributed by atoms with Crippen molar-refractivity contribution in [3.63, 3.8) is 0 Å². The van der Waals surface area contributed by atoms with Crippen molar-refractivity contribution in [2.45, 2.75) is 12.3 Å². The number of aryl methyl sites for hydroxylation is 1. The molecule has 0 saturated heterocycles. The molecule has 58 heavy (non-hydrogen) atoms. The van der Waals surface area contributed by atoms with E-state index in [1.807, 2.05) is 0 Å². The number of nitrogens with zero attached hydrogens (tertiary/aromatic N) is 1. The molecule has 0 atom stereocenters. The number of hydrogen-bond donors (Lipinski definition) is 0. The number of benzene rings is 9. The predicted octanol–water partition coefficient (Wildman–Crippen LogP) is 15.1. The summed E-state index contributed by atoms with van der Waals surface area (Å²) in [6.45, 7) is 2.11. The monoisotopic (exact) mass is 741 g/mol. The van der Waals surface area contributed by atoms with Crippen LogP contribution in [0.2, 0.25) is 0 Å². The molecule has 1 heterocycles. The summed E-state index contributed by atoms with van der Waals surface area (Å²) in [5.41, 5.74) is 18.0. The Morgan fingerprint density at radius 3 is 1.53 bits per heavy atom. The molecule has 0 radical (unpaired) electrons. The van der Waals surface area contributed by atoms with Gasteiger partial charge >= 0.3 is 0 Å². The van der Waals surface area contributed by atoms with Gasteiger partial charge in [-0.15, -0.1) is 0 Å². The summed E-state index contributed by atoms with van der Waals surface area (Å²) in [7, 11) is 0. The number of anilines is 3. The second-order valence-electron chi connectivity index (χ2n) is 15.3. The van der Waals surface area contributed by atoms with Gasteiger partial charge in [0.2, 0.25) is 0 Å². The summed E-state index contributed by atoms with van der Waals surface area (Å²) in [6.07, 6.45) is 0. The second kappa shape index (κ2) is 13.7. The Labute approximate surface area is 338 Å². The normalized spacial score (nSPS) is 12.7. The van der Waals surface area contributed by atoms with Crippen LogP contribution in [-0.4, -0.2) is 0 Å². The standard InChI is InChI=1S/C56H39NO/c1-38-15-13-24-50-51-25-14-23-47(55(51)58-54(38)50)41-29-33-45(34-30-41)57(44-31-27-40(28-32-44)39-16-5-2-6-17-39)46-35-36-49-48-22-11-12-26-52(48)56(53(49)37-46,42-18-7-3-8-19-42)43-20-9-4-10-21-43/h2-37H,1H3. The summed E-state index contributed by atoms with van der Waals surface area (Å²) >= 11 is 0. The second-order valence-corrected chi connectivity index (χ2v) is 15.3. The van der Waals surface area contributed by atoms with E-state index in [0.29, 0.717) is 0 Å². The van der Waals surface area contributed by atoms with Gasteiger partial charge in [0, 0.05) is 33.4 Å². The van der Waals surface area contributed by atoms with E-state index in [1.165, 1.54) is 44.5 Å². The first-order valence-electron chi connectivity index (χ1n) is 20.0. The van der Waals surface area contributed by atoms with Crippen molar-refractivity contribution in [3.05, 3.63) is 246 Å². The molecule has 0 amide bonds. The van der Waals surface area contributed by atoms with Gasteiger partial charge < -0.3 is 9.32 Å². The molecule has 0 unspecified atom stereocenters. The Bertz CT molecular complexity index is 3050. The molecule has 1 aliphatic rings. The zero-order valence-corrected chi connectivity index (χ0v) is 32.1. The number of rotatable bonds is 7. The van der Waals surface area contributed by atoms with E-state index in [9.17, 15) is 0 Å². The zero-order chi connectivity index (χ0) is 38.6. The molecule has 1 aliphatic carbocycles. The van der Waals surface area contributed by atoms with E-state index >= 15 is 0 Å². The third kappa shape index (κ3) is 5.26. The molecule has 0 N–H and O–H groups in total. The lowest BCUT2D eigenvalue weighted by atomic mass is 9.67. The fourth-order valence-corrected chi connectivity index (χ4v) is 9.43. The largest absolute Gasteiger partial charge is 0.455 e. The lowest BCUT2D eigenvalue weighted by Gasteiger charge is -2.35. The van der Waals surface area contributed by atoms with Crippen molar-refractivity contribution < 1.29 is 4.42 Å². The molecule has 2 nitrogen and oxygen atoms in total. The minimum atomic E-state index is -0.499. The summed E-state index contributed by atoms with van der Waals surface area (Å²) in [5.74, 6) is 0. The highest BCUT2D eigenvalue weighted by molar-refractivity contribution is 6.10. The maximum Gasteiger partial charge on any atom is 0.143 e. The quantitative estimate of drug-likeness (QED) is 0.162. The van der Waals surface area contributed by atoms with Crippen molar-refractivity contribution in [1.82, 2.24) is 0 Å². The first kappa shape index (κ1) is 33.9.